The molecule has 0 saturated carbocycles. The highest BCUT2D eigenvalue weighted by Crippen LogP contribution is 2.22. The van der Waals surface area contributed by atoms with Gasteiger partial charge in [-0.05, 0) is 23.7 Å². The molecular formula is C13H9N3S2. The summed E-state index contributed by atoms with van der Waals surface area (Å²) in [6.45, 7) is 0. The van der Waals surface area contributed by atoms with Gasteiger partial charge in [0.05, 0.1) is 11.4 Å². The average molecular weight is 271 g/mol. The van der Waals surface area contributed by atoms with Gasteiger partial charge in [-0.15, -0.1) is 16.4 Å². The third kappa shape index (κ3) is 2.52. The van der Waals surface area contributed by atoms with Crippen molar-refractivity contribution in [2.75, 3.05) is 0 Å². The Morgan fingerprint density at radius 2 is 1.89 bits per heavy atom. The number of hydrogen-bond acceptors (Lipinski definition) is 5. The minimum absolute atomic E-state index is 0.872. The van der Waals surface area contributed by atoms with E-state index in [1.54, 1.807) is 11.3 Å². The predicted octanol–water partition coefficient (Wildman–Crippen LogP) is 3.83. The summed E-state index contributed by atoms with van der Waals surface area (Å²) in [5, 5.41) is 8.90. The van der Waals surface area contributed by atoms with Gasteiger partial charge in [0.2, 0.25) is 0 Å². The smallest absolute Gasteiger partial charge is 0.116 e. The second-order valence-electron chi connectivity index (χ2n) is 3.60. The van der Waals surface area contributed by atoms with Crippen LogP contribution in [0.2, 0.25) is 0 Å². The van der Waals surface area contributed by atoms with Crippen molar-refractivity contribution in [1.82, 2.24) is 14.6 Å². The van der Waals surface area contributed by atoms with Crippen molar-refractivity contribution in [2.45, 2.75) is 0 Å². The molecule has 0 aliphatic heterocycles. The van der Waals surface area contributed by atoms with E-state index in [1.165, 1.54) is 11.5 Å². The molecule has 3 nitrogen and oxygen atoms in total. The zero-order valence-corrected chi connectivity index (χ0v) is 11.0. The van der Waals surface area contributed by atoms with Crippen molar-refractivity contribution in [2.24, 2.45) is 0 Å². The lowest BCUT2D eigenvalue weighted by Crippen LogP contribution is -1.77. The molecule has 0 saturated heterocycles. The molecule has 0 atom stereocenters. The molecule has 88 valence electrons. The van der Waals surface area contributed by atoms with Crippen molar-refractivity contribution in [3.63, 3.8) is 0 Å². The van der Waals surface area contributed by atoms with Crippen molar-refractivity contribution in [3.05, 3.63) is 51.8 Å². The van der Waals surface area contributed by atoms with Gasteiger partial charge in [-0.2, -0.15) is 0 Å². The van der Waals surface area contributed by atoms with E-state index >= 15 is 0 Å². The van der Waals surface area contributed by atoms with Crippen LogP contribution in [0.25, 0.3) is 23.4 Å². The normalized spacial score (nSPS) is 11.1. The Hall–Kier alpha value is -1.85. The maximum absolute atomic E-state index is 4.57. The fourth-order valence-electron chi connectivity index (χ4n) is 1.51. The summed E-state index contributed by atoms with van der Waals surface area (Å²) >= 11 is 2.97. The second-order valence-corrected chi connectivity index (χ2v) is 5.10. The lowest BCUT2D eigenvalue weighted by Gasteiger charge is -1.93. The SMILES string of the molecule is C(=C\c1nc(-c2ccccc2)cs1)/c1csnn1. The van der Waals surface area contributed by atoms with Gasteiger partial charge in [0.15, 0.2) is 0 Å². The summed E-state index contributed by atoms with van der Waals surface area (Å²) in [6.07, 6.45) is 3.89. The van der Waals surface area contributed by atoms with Crippen LogP contribution in [0.15, 0.2) is 41.1 Å². The molecule has 0 bridgehead atoms. The first-order chi connectivity index (χ1) is 8.92. The zero-order valence-electron chi connectivity index (χ0n) is 9.35. The molecule has 0 spiro atoms. The molecule has 0 aliphatic rings. The maximum Gasteiger partial charge on any atom is 0.116 e. The number of hydrogen-bond donors (Lipinski definition) is 0. The summed E-state index contributed by atoms with van der Waals surface area (Å²) < 4.78 is 3.81. The van der Waals surface area contributed by atoms with E-state index in [2.05, 4.69) is 32.1 Å². The lowest BCUT2D eigenvalue weighted by molar-refractivity contribution is 1.14. The summed E-state index contributed by atoms with van der Waals surface area (Å²) in [5.41, 5.74) is 3.02. The number of thiazole rings is 1. The highest BCUT2D eigenvalue weighted by atomic mass is 32.1. The molecule has 0 amide bonds. The molecule has 0 N–H and O–H groups in total. The topological polar surface area (TPSA) is 38.7 Å². The largest absolute Gasteiger partial charge is 0.237 e. The molecule has 3 rings (SSSR count). The Balaban J connectivity index is 1.82. The molecule has 0 aliphatic carbocycles. The van der Waals surface area contributed by atoms with Crippen LogP contribution in [0.5, 0.6) is 0 Å². The lowest BCUT2D eigenvalue weighted by atomic mass is 10.2. The van der Waals surface area contributed by atoms with E-state index in [0.29, 0.717) is 0 Å². The van der Waals surface area contributed by atoms with Crippen LogP contribution >= 0.6 is 22.9 Å². The Morgan fingerprint density at radius 1 is 1.00 bits per heavy atom. The minimum Gasteiger partial charge on any atom is -0.237 e. The van der Waals surface area contributed by atoms with Crippen LogP contribution in [0.1, 0.15) is 10.7 Å². The van der Waals surface area contributed by atoms with Crippen molar-refractivity contribution in [1.29, 1.82) is 0 Å². The third-order valence-electron chi connectivity index (χ3n) is 2.37. The molecule has 0 unspecified atom stereocenters. The molecule has 18 heavy (non-hydrogen) atoms. The molecular weight excluding hydrogens is 262 g/mol. The van der Waals surface area contributed by atoms with Crippen LogP contribution in [-0.2, 0) is 0 Å². The molecule has 0 fully saturated rings. The number of nitrogens with zero attached hydrogens (tertiary/aromatic N) is 3. The summed E-state index contributed by atoms with van der Waals surface area (Å²) in [6, 6.07) is 10.2. The van der Waals surface area contributed by atoms with Gasteiger partial charge in [0.25, 0.3) is 0 Å². The van der Waals surface area contributed by atoms with Crippen molar-refractivity contribution < 1.29 is 0 Å². The molecule has 2 aromatic heterocycles. The predicted molar refractivity (Wildman–Crippen MR) is 76.4 cm³/mol. The van der Waals surface area contributed by atoms with Gasteiger partial charge in [-0.3, -0.25) is 0 Å². The summed E-state index contributed by atoms with van der Waals surface area (Å²) in [7, 11) is 0. The van der Waals surface area contributed by atoms with Gasteiger partial charge >= 0.3 is 0 Å². The van der Waals surface area contributed by atoms with Gasteiger partial charge in [-0.25, -0.2) is 4.98 Å². The van der Waals surface area contributed by atoms with E-state index in [0.717, 1.165) is 22.0 Å². The number of benzene rings is 1. The van der Waals surface area contributed by atoms with Gasteiger partial charge in [0, 0.05) is 16.3 Å². The zero-order chi connectivity index (χ0) is 12.2. The van der Waals surface area contributed by atoms with Crippen LogP contribution in [0.4, 0.5) is 0 Å². The van der Waals surface area contributed by atoms with E-state index in [4.69, 9.17) is 0 Å². The van der Waals surface area contributed by atoms with Crippen LogP contribution in [0.3, 0.4) is 0 Å². The van der Waals surface area contributed by atoms with E-state index in [1.807, 2.05) is 35.7 Å². The Bertz CT molecular complexity index is 642. The fourth-order valence-corrected chi connectivity index (χ4v) is 2.65. The number of aromatic nitrogens is 3. The van der Waals surface area contributed by atoms with E-state index in [9.17, 15) is 0 Å². The Morgan fingerprint density at radius 3 is 2.67 bits per heavy atom. The summed E-state index contributed by atoms with van der Waals surface area (Å²) in [4.78, 5) is 4.57. The molecule has 1 aromatic carbocycles. The van der Waals surface area contributed by atoms with Crippen LogP contribution in [-0.4, -0.2) is 14.6 Å². The Kier molecular flexibility index (Phi) is 3.25. The van der Waals surface area contributed by atoms with Gasteiger partial charge in [0.1, 0.15) is 5.01 Å². The quantitative estimate of drug-likeness (QED) is 0.726. The first-order valence-corrected chi connectivity index (χ1v) is 7.09. The Labute approximate surface area is 113 Å². The highest BCUT2D eigenvalue weighted by molar-refractivity contribution is 7.10. The van der Waals surface area contributed by atoms with Crippen LogP contribution in [0, 0.1) is 0 Å². The molecule has 3 aromatic rings. The van der Waals surface area contributed by atoms with E-state index in [-0.39, 0.29) is 0 Å². The highest BCUT2D eigenvalue weighted by Gasteiger charge is 2.01. The van der Waals surface area contributed by atoms with Crippen molar-refractivity contribution >= 4 is 35.0 Å². The van der Waals surface area contributed by atoms with Crippen molar-refractivity contribution in [3.8, 4) is 11.3 Å². The minimum atomic E-state index is 0.872. The fraction of sp³-hybridized carbons (Fsp3) is 0. The molecule has 0 radical (unpaired) electrons. The second kappa shape index (κ2) is 5.20. The maximum atomic E-state index is 4.57. The standard InChI is InChI=1S/C13H9N3S2/c1-2-4-10(5-3-1)12-9-17-13(14-12)7-6-11-8-18-16-15-11/h1-9H/b7-6+. The first-order valence-electron chi connectivity index (χ1n) is 5.38. The summed E-state index contributed by atoms with van der Waals surface area (Å²) in [5.74, 6) is 0. The molecule has 2 heterocycles. The third-order valence-corrected chi connectivity index (χ3v) is 3.70. The van der Waals surface area contributed by atoms with E-state index < -0.39 is 0 Å². The van der Waals surface area contributed by atoms with Gasteiger partial charge in [-0.1, -0.05) is 34.8 Å². The monoisotopic (exact) mass is 271 g/mol. The molecule has 5 heteroatoms. The van der Waals surface area contributed by atoms with Gasteiger partial charge < -0.3 is 0 Å². The van der Waals surface area contributed by atoms with Crippen LogP contribution < -0.4 is 0 Å². The first kappa shape index (κ1) is 11.3. The number of rotatable bonds is 3. The average Bonchev–Trinajstić information content (AvgIpc) is 3.09.